The van der Waals surface area contributed by atoms with Gasteiger partial charge < -0.3 is 45.2 Å². The van der Waals surface area contributed by atoms with E-state index < -0.39 is 72.8 Å². The first-order valence-electron chi connectivity index (χ1n) is 17.1. The number of aliphatic imine (C=N–C) groups is 1. The second kappa shape index (κ2) is 17.9. The molecule has 0 bridgehead atoms. The monoisotopic (exact) mass is 723 g/mol. The summed E-state index contributed by atoms with van der Waals surface area (Å²) in [6, 6.07) is 12.9. The van der Waals surface area contributed by atoms with Crippen LogP contribution in [0.5, 0.6) is 0 Å². The van der Waals surface area contributed by atoms with E-state index in [0.717, 1.165) is 44.0 Å². The molecule has 16 heteroatoms. The lowest BCUT2D eigenvalue weighted by atomic mass is 9.87. The van der Waals surface area contributed by atoms with Gasteiger partial charge in [0.15, 0.2) is 12.4 Å². The van der Waals surface area contributed by atoms with E-state index in [1.54, 1.807) is 20.8 Å². The van der Waals surface area contributed by atoms with E-state index in [0.29, 0.717) is 0 Å². The topological polar surface area (TPSA) is 253 Å². The van der Waals surface area contributed by atoms with Crippen molar-refractivity contribution in [3.05, 3.63) is 59.4 Å². The number of benzene rings is 1. The zero-order chi connectivity index (χ0) is 37.9. The molecule has 1 aromatic carbocycles. The van der Waals surface area contributed by atoms with Gasteiger partial charge in [-0.3, -0.25) is 14.4 Å². The number of hydrogen-bond acceptors (Lipinski definition) is 12. The van der Waals surface area contributed by atoms with Crippen LogP contribution in [0.4, 0.5) is 4.79 Å². The Bertz CT molecular complexity index is 1660. The minimum absolute atomic E-state index is 0.000527. The molecule has 7 N–H and O–H groups in total. The highest BCUT2D eigenvalue weighted by molar-refractivity contribution is 5.97. The number of amides is 1. The third-order valence-corrected chi connectivity index (χ3v) is 8.79. The second-order valence-corrected chi connectivity index (χ2v) is 13.8. The first-order chi connectivity index (χ1) is 24.8. The molecule has 0 spiro atoms. The van der Waals surface area contributed by atoms with Crippen molar-refractivity contribution in [3.63, 3.8) is 0 Å². The molecule has 16 nitrogen and oxygen atoms in total. The van der Waals surface area contributed by atoms with Crippen LogP contribution in [-0.4, -0.2) is 84.0 Å². The van der Waals surface area contributed by atoms with E-state index in [2.05, 4.69) is 15.0 Å². The molecule has 1 saturated carbocycles. The molecular weight excluding hydrogens is 676 g/mol. The number of H-pyrrole nitrogens is 1. The molecule has 1 aliphatic carbocycles. The van der Waals surface area contributed by atoms with Crippen LogP contribution in [0.1, 0.15) is 76.2 Å². The minimum Gasteiger partial charge on any atom is -0.462 e. The van der Waals surface area contributed by atoms with Crippen molar-refractivity contribution in [2.75, 3.05) is 13.4 Å². The molecule has 280 valence electrons. The number of carbonyl (C=O) groups is 4. The summed E-state index contributed by atoms with van der Waals surface area (Å²) < 4.78 is 27.2. The maximum Gasteiger partial charge on any atom is 0.514 e. The van der Waals surface area contributed by atoms with E-state index in [1.165, 1.54) is 12.1 Å². The number of nitrogens with one attached hydrogen (secondary N) is 2. The number of amidine groups is 1. The molecular formula is C36H47N6O10+. The first-order valence-corrected chi connectivity index (χ1v) is 17.1. The molecule has 0 unspecified atom stereocenters. The molecule has 2 fully saturated rings. The van der Waals surface area contributed by atoms with Crippen molar-refractivity contribution in [2.24, 2.45) is 27.8 Å². The molecule has 2 heterocycles. The fourth-order valence-corrected chi connectivity index (χ4v) is 5.98. The summed E-state index contributed by atoms with van der Waals surface area (Å²) in [6.45, 7) is 3.74. The van der Waals surface area contributed by atoms with Crippen molar-refractivity contribution < 1.29 is 53.0 Å². The smallest absolute Gasteiger partial charge is 0.462 e. The summed E-state index contributed by atoms with van der Waals surface area (Å²) in [5, 5.41) is 22.1. The number of nitrogens with two attached hydrogens (primary N) is 2. The van der Waals surface area contributed by atoms with Gasteiger partial charge in [-0.1, -0.05) is 49.6 Å². The summed E-state index contributed by atoms with van der Waals surface area (Å²) >= 11 is 0. The van der Waals surface area contributed by atoms with Crippen LogP contribution in [0.3, 0.4) is 0 Å². The standard InChI is InChI=1S/C36H46N6O10/c1-35(2,3)33(46)49-21-50-34(47)42-31(40-20-38)25-14-15-27(41-25)36(19-37)30(44)29(51-28(43)17-23-12-8-5-9-13-23)26(52-36)18-48-32(45)24(39)16-22-10-6-4-7-11-22/h4,6-7,10-11,14-15,20,23-24,26,29-30,41,44H,5,8-9,12-13,16-18,21,39H2,1-3H3,(H2,38,40,42,47)/p+1/t24-,26+,29+,30+,36-/m0/s1. The van der Waals surface area contributed by atoms with E-state index >= 15 is 0 Å². The SMILES string of the molecule is CC(C)(C)C(=O)OCOC(=O)/N=C(\[NH+]=CN)c1ccc([C@]2(C#N)O[C@H](COC(=O)[C@@H](N)Cc3ccccc3)[C@@H](OC(=O)CC3CCCCC3)[C@H]2O)[nH]1. The van der Waals surface area contributed by atoms with Gasteiger partial charge in [-0.15, -0.1) is 0 Å². The van der Waals surface area contributed by atoms with Crippen molar-refractivity contribution in [1.82, 2.24) is 4.98 Å². The van der Waals surface area contributed by atoms with E-state index in [1.807, 2.05) is 36.4 Å². The maximum atomic E-state index is 13.2. The summed E-state index contributed by atoms with van der Waals surface area (Å²) in [5.41, 5.74) is 9.60. The van der Waals surface area contributed by atoms with Crippen LogP contribution in [-0.2, 0) is 50.1 Å². The highest BCUT2D eigenvalue weighted by Gasteiger charge is 2.59. The average molecular weight is 724 g/mol. The maximum absolute atomic E-state index is 13.2. The Morgan fingerprint density at radius 1 is 1.12 bits per heavy atom. The average Bonchev–Trinajstić information content (AvgIpc) is 3.71. The zero-order valence-corrected chi connectivity index (χ0v) is 29.5. The van der Waals surface area contributed by atoms with Gasteiger partial charge in [0.05, 0.1) is 11.1 Å². The predicted octanol–water partition coefficient (Wildman–Crippen LogP) is 0.986. The molecule has 0 radical (unpaired) electrons. The van der Waals surface area contributed by atoms with Crippen LogP contribution in [0.2, 0.25) is 0 Å². The normalized spacial score (nSPS) is 23.1. The first kappa shape index (κ1) is 39.7. The summed E-state index contributed by atoms with van der Waals surface area (Å²) in [5.74, 6) is -1.96. The number of rotatable bonds is 12. The van der Waals surface area contributed by atoms with Crippen LogP contribution < -0.4 is 16.5 Å². The molecule has 2 aromatic rings. The largest absolute Gasteiger partial charge is 0.514 e. The van der Waals surface area contributed by atoms with Crippen LogP contribution in [0, 0.1) is 22.7 Å². The number of ether oxygens (including phenoxy) is 5. The Labute approximate surface area is 301 Å². The van der Waals surface area contributed by atoms with Crippen LogP contribution in [0.15, 0.2) is 47.5 Å². The number of aliphatic hydroxyl groups excluding tert-OH is 1. The summed E-state index contributed by atoms with van der Waals surface area (Å²) in [7, 11) is 0. The highest BCUT2D eigenvalue weighted by atomic mass is 16.7. The van der Waals surface area contributed by atoms with Gasteiger partial charge in [0.25, 0.3) is 5.84 Å². The molecule has 1 saturated heterocycles. The number of esters is 3. The zero-order valence-electron chi connectivity index (χ0n) is 29.5. The highest BCUT2D eigenvalue weighted by Crippen LogP contribution is 2.41. The van der Waals surface area contributed by atoms with Gasteiger partial charge >= 0.3 is 24.0 Å². The molecule has 1 aromatic heterocycles. The van der Waals surface area contributed by atoms with Gasteiger partial charge in [-0.2, -0.15) is 5.26 Å². The van der Waals surface area contributed by atoms with Crippen LogP contribution in [0.25, 0.3) is 0 Å². The Balaban J connectivity index is 1.54. The minimum atomic E-state index is -2.16. The van der Waals surface area contributed by atoms with Crippen molar-refractivity contribution in [1.29, 1.82) is 5.26 Å². The second-order valence-electron chi connectivity index (χ2n) is 13.8. The molecule has 1 amide bonds. The van der Waals surface area contributed by atoms with E-state index in [-0.39, 0.29) is 36.0 Å². The molecule has 52 heavy (non-hydrogen) atoms. The van der Waals surface area contributed by atoms with Crippen molar-refractivity contribution in [2.45, 2.75) is 95.7 Å². The summed E-state index contributed by atoms with van der Waals surface area (Å²) in [4.78, 5) is 59.8. The van der Waals surface area contributed by atoms with Gasteiger partial charge in [0.2, 0.25) is 12.4 Å². The van der Waals surface area contributed by atoms with Gasteiger partial charge in [-0.25, -0.2) is 9.79 Å². The van der Waals surface area contributed by atoms with Gasteiger partial charge in [-0.05, 0) is 68.6 Å². The summed E-state index contributed by atoms with van der Waals surface area (Å²) in [6.07, 6.45) is 0.618. The Kier molecular flexibility index (Phi) is 13.7. The number of aromatic nitrogens is 1. The van der Waals surface area contributed by atoms with Crippen molar-refractivity contribution in [3.8, 4) is 6.07 Å². The number of carbonyl (C=O) groups excluding carboxylic acids is 4. The van der Waals surface area contributed by atoms with Gasteiger partial charge in [0.1, 0.15) is 36.6 Å². The lowest BCUT2D eigenvalue weighted by Crippen LogP contribution is -2.75. The van der Waals surface area contributed by atoms with Crippen LogP contribution >= 0.6 is 0 Å². The molecule has 4 rings (SSSR count). The molecule has 2 aliphatic rings. The third kappa shape index (κ3) is 10.2. The molecule has 5 atom stereocenters. The number of aliphatic hydroxyl groups is 1. The van der Waals surface area contributed by atoms with Gasteiger partial charge in [0, 0.05) is 6.42 Å². The lowest BCUT2D eigenvalue weighted by molar-refractivity contribution is -0.309. The quantitative estimate of drug-likeness (QED) is 0.0674. The lowest BCUT2D eigenvalue weighted by Gasteiger charge is -2.25. The number of nitrogens with zero attached hydrogens (tertiary/aromatic N) is 2. The molecule has 1 aliphatic heterocycles. The number of nitriles is 1. The number of hydrogen-bond donors (Lipinski definition) is 5. The predicted molar refractivity (Wildman–Crippen MR) is 184 cm³/mol. The Morgan fingerprint density at radius 2 is 1.83 bits per heavy atom. The third-order valence-electron chi connectivity index (χ3n) is 8.79. The van der Waals surface area contributed by atoms with E-state index in [9.17, 15) is 29.5 Å². The van der Waals surface area contributed by atoms with Crippen molar-refractivity contribution >= 4 is 36.2 Å². The Morgan fingerprint density at radius 3 is 2.48 bits per heavy atom. The fourth-order valence-electron chi connectivity index (χ4n) is 5.98. The fraction of sp³-hybridized carbons (Fsp3) is 0.528. The number of aromatic amines is 1. The van der Waals surface area contributed by atoms with E-state index in [4.69, 9.17) is 35.2 Å². The Hall–Kier alpha value is -5.11.